The van der Waals surface area contributed by atoms with Gasteiger partial charge in [0.05, 0.1) is 0 Å². The van der Waals surface area contributed by atoms with Crippen molar-refractivity contribution in [2.45, 2.75) is 25.9 Å². The highest BCUT2D eigenvalue weighted by atomic mass is 19.1. The molecule has 2 aromatic rings. The van der Waals surface area contributed by atoms with Gasteiger partial charge in [-0.2, -0.15) is 0 Å². The monoisotopic (exact) mass is 318 g/mol. The number of carbonyl (C=O) groups excluding carboxylic acids is 1. The number of hydrogen-bond acceptors (Lipinski definition) is 3. The van der Waals surface area contributed by atoms with Crippen LogP contribution < -0.4 is 5.32 Å². The molecule has 0 fully saturated rings. The summed E-state index contributed by atoms with van der Waals surface area (Å²) in [5.41, 5.74) is 0.381. The summed E-state index contributed by atoms with van der Waals surface area (Å²) >= 11 is 0. The van der Waals surface area contributed by atoms with E-state index in [1.54, 1.807) is 43.4 Å². The summed E-state index contributed by atoms with van der Waals surface area (Å²) in [6.07, 6.45) is 4.49. The summed E-state index contributed by atoms with van der Waals surface area (Å²) < 4.78 is 16.0. The first kappa shape index (κ1) is 17.1. The Morgan fingerprint density at radius 1 is 1.39 bits per heavy atom. The lowest BCUT2D eigenvalue weighted by molar-refractivity contribution is -0.125. The predicted octanol–water partition coefficient (Wildman–Crippen LogP) is 2.00. The minimum absolute atomic E-state index is 0.210. The Kier molecular flexibility index (Phi) is 5.87. The second-order valence-electron chi connectivity index (χ2n) is 5.57. The third-order valence-electron chi connectivity index (χ3n) is 3.73. The quantitative estimate of drug-likeness (QED) is 0.849. The third-order valence-corrected chi connectivity index (χ3v) is 3.73. The predicted molar refractivity (Wildman–Crippen MR) is 87.4 cm³/mol. The highest BCUT2D eigenvalue weighted by Gasteiger charge is 2.25. The Hall–Kier alpha value is -2.21. The molecule has 2 rings (SSSR count). The number of imidazole rings is 1. The molecule has 0 aliphatic heterocycles. The zero-order chi connectivity index (χ0) is 16.8. The van der Waals surface area contributed by atoms with Crippen molar-refractivity contribution >= 4 is 5.91 Å². The van der Waals surface area contributed by atoms with Crippen molar-refractivity contribution in [3.63, 3.8) is 0 Å². The Bertz CT molecular complexity index is 654. The van der Waals surface area contributed by atoms with Gasteiger partial charge < -0.3 is 9.88 Å². The molecule has 1 atom stereocenters. The first-order valence-electron chi connectivity index (χ1n) is 7.73. The van der Waals surface area contributed by atoms with Crippen LogP contribution in [0.2, 0.25) is 0 Å². The van der Waals surface area contributed by atoms with Crippen molar-refractivity contribution in [1.29, 1.82) is 0 Å². The molecule has 0 aliphatic carbocycles. The lowest BCUT2D eigenvalue weighted by Gasteiger charge is -2.24. The van der Waals surface area contributed by atoms with E-state index in [1.807, 2.05) is 17.7 Å². The number of nitrogens with one attached hydrogen (secondary N) is 1. The van der Waals surface area contributed by atoms with Gasteiger partial charge in [-0.25, -0.2) is 9.37 Å². The number of hydrogen-bond donors (Lipinski definition) is 1. The number of amides is 1. The molecule has 6 heteroatoms. The van der Waals surface area contributed by atoms with Crippen LogP contribution in [-0.4, -0.2) is 41.0 Å². The summed E-state index contributed by atoms with van der Waals surface area (Å²) in [5, 5.41) is 2.88. The van der Waals surface area contributed by atoms with E-state index in [0.717, 1.165) is 12.2 Å². The van der Waals surface area contributed by atoms with Gasteiger partial charge in [-0.15, -0.1) is 0 Å². The Balaban J connectivity index is 2.01. The molecule has 1 N–H and O–H groups in total. The van der Waals surface area contributed by atoms with Crippen molar-refractivity contribution in [1.82, 2.24) is 19.8 Å². The Morgan fingerprint density at radius 3 is 2.78 bits per heavy atom. The summed E-state index contributed by atoms with van der Waals surface area (Å²) in [5.74, 6) is 0.403. The molecular formula is C17H23FN4O. The number of aryl methyl sites for hydroxylation is 1. The van der Waals surface area contributed by atoms with Gasteiger partial charge in [0.25, 0.3) is 0 Å². The van der Waals surface area contributed by atoms with Crippen molar-refractivity contribution in [3.05, 3.63) is 53.9 Å². The number of nitrogens with zero attached hydrogens (tertiary/aromatic N) is 3. The van der Waals surface area contributed by atoms with Gasteiger partial charge in [-0.1, -0.05) is 25.1 Å². The molecule has 0 spiro atoms. The average Bonchev–Trinajstić information content (AvgIpc) is 2.96. The molecule has 1 aromatic carbocycles. The number of halogens is 1. The smallest absolute Gasteiger partial charge is 0.242 e. The number of carbonyl (C=O) groups is 1. The first-order chi connectivity index (χ1) is 11.0. The van der Waals surface area contributed by atoms with Crippen molar-refractivity contribution in [2.75, 3.05) is 20.6 Å². The molecule has 0 saturated heterocycles. The van der Waals surface area contributed by atoms with Crippen LogP contribution in [0.1, 0.15) is 24.4 Å². The number of benzene rings is 1. The summed E-state index contributed by atoms with van der Waals surface area (Å²) in [6, 6.07) is 5.73. The van der Waals surface area contributed by atoms with E-state index in [2.05, 4.69) is 10.3 Å². The SMILES string of the molecule is CCc1nccn1CCNC(=O)[C@H](c1ccccc1F)N(C)C. The van der Waals surface area contributed by atoms with Crippen LogP contribution in [-0.2, 0) is 17.8 Å². The molecule has 0 unspecified atom stereocenters. The lowest BCUT2D eigenvalue weighted by Crippen LogP contribution is -2.38. The fourth-order valence-corrected chi connectivity index (χ4v) is 2.61. The lowest BCUT2D eigenvalue weighted by atomic mass is 10.0. The topological polar surface area (TPSA) is 50.2 Å². The van der Waals surface area contributed by atoms with E-state index < -0.39 is 6.04 Å². The van der Waals surface area contributed by atoms with Crippen molar-refractivity contribution < 1.29 is 9.18 Å². The second-order valence-corrected chi connectivity index (χ2v) is 5.57. The van der Waals surface area contributed by atoms with Gasteiger partial charge in [-0.3, -0.25) is 9.69 Å². The molecule has 0 saturated carbocycles. The molecule has 1 aromatic heterocycles. The molecule has 0 aliphatic rings. The van der Waals surface area contributed by atoms with Crippen LogP contribution in [0.15, 0.2) is 36.7 Å². The Labute approximate surface area is 136 Å². The highest BCUT2D eigenvalue weighted by molar-refractivity contribution is 5.83. The van der Waals surface area contributed by atoms with Crippen molar-refractivity contribution in [3.8, 4) is 0 Å². The van der Waals surface area contributed by atoms with Crippen LogP contribution >= 0.6 is 0 Å². The normalized spacial score (nSPS) is 12.4. The fraction of sp³-hybridized carbons (Fsp3) is 0.412. The van der Waals surface area contributed by atoms with E-state index in [-0.39, 0.29) is 11.7 Å². The maximum absolute atomic E-state index is 14.0. The number of rotatable bonds is 7. The maximum atomic E-state index is 14.0. The van der Waals surface area contributed by atoms with Crippen LogP contribution in [0.3, 0.4) is 0 Å². The van der Waals surface area contributed by atoms with Crippen LogP contribution in [0.4, 0.5) is 4.39 Å². The summed E-state index contributed by atoms with van der Waals surface area (Å²) in [7, 11) is 3.53. The molecule has 1 amide bonds. The van der Waals surface area contributed by atoms with E-state index in [1.165, 1.54) is 6.07 Å². The minimum atomic E-state index is -0.648. The van der Waals surface area contributed by atoms with Crippen molar-refractivity contribution in [2.24, 2.45) is 0 Å². The van der Waals surface area contributed by atoms with Gasteiger partial charge in [0.1, 0.15) is 17.7 Å². The maximum Gasteiger partial charge on any atom is 0.242 e. The number of likely N-dealkylation sites (N-methyl/N-ethyl adjacent to an activating group) is 1. The van der Waals surface area contributed by atoms with Crippen LogP contribution in [0.5, 0.6) is 0 Å². The molecule has 5 nitrogen and oxygen atoms in total. The highest BCUT2D eigenvalue weighted by Crippen LogP contribution is 2.21. The van der Waals surface area contributed by atoms with E-state index in [0.29, 0.717) is 18.7 Å². The molecule has 0 bridgehead atoms. The molecular weight excluding hydrogens is 295 g/mol. The zero-order valence-electron chi connectivity index (χ0n) is 13.8. The summed E-state index contributed by atoms with van der Waals surface area (Å²) in [4.78, 5) is 18.4. The van der Waals surface area contributed by atoms with Gasteiger partial charge in [0, 0.05) is 37.5 Å². The third kappa shape index (κ3) is 4.16. The van der Waals surface area contributed by atoms with Gasteiger partial charge in [-0.05, 0) is 20.2 Å². The van der Waals surface area contributed by atoms with Gasteiger partial charge >= 0.3 is 0 Å². The Morgan fingerprint density at radius 2 is 2.13 bits per heavy atom. The van der Waals surface area contributed by atoms with E-state index in [4.69, 9.17) is 0 Å². The van der Waals surface area contributed by atoms with E-state index in [9.17, 15) is 9.18 Å². The summed E-state index contributed by atoms with van der Waals surface area (Å²) in [6.45, 7) is 3.16. The molecule has 0 radical (unpaired) electrons. The zero-order valence-corrected chi connectivity index (χ0v) is 13.8. The second kappa shape index (κ2) is 7.87. The standard InChI is InChI=1S/C17H23FN4O/c1-4-15-19-9-11-22(15)12-10-20-17(23)16(21(2)3)13-7-5-6-8-14(13)18/h5-9,11,16H,4,10,12H2,1-3H3,(H,20,23)/t16-/m0/s1. The van der Waals surface area contributed by atoms with Gasteiger partial charge in [0.2, 0.25) is 5.91 Å². The van der Waals surface area contributed by atoms with Crippen LogP contribution in [0.25, 0.3) is 0 Å². The minimum Gasteiger partial charge on any atom is -0.353 e. The van der Waals surface area contributed by atoms with Crippen LogP contribution in [0, 0.1) is 5.82 Å². The average molecular weight is 318 g/mol. The number of aromatic nitrogens is 2. The molecule has 23 heavy (non-hydrogen) atoms. The molecule has 124 valence electrons. The fourth-order valence-electron chi connectivity index (χ4n) is 2.61. The molecule has 1 heterocycles. The first-order valence-corrected chi connectivity index (χ1v) is 7.73. The largest absolute Gasteiger partial charge is 0.353 e. The van der Waals surface area contributed by atoms with E-state index >= 15 is 0 Å². The van der Waals surface area contributed by atoms with Gasteiger partial charge in [0.15, 0.2) is 0 Å².